The molecule has 4 nitrogen and oxygen atoms in total. The highest BCUT2D eigenvalue weighted by Crippen LogP contribution is 2.12. The number of nitrogens with one attached hydrogen (secondary N) is 1. The van der Waals surface area contributed by atoms with Gasteiger partial charge in [-0.05, 0) is 12.5 Å². The highest BCUT2D eigenvalue weighted by atomic mass is 32.2. The van der Waals surface area contributed by atoms with Crippen molar-refractivity contribution in [3.63, 3.8) is 0 Å². The largest absolute Gasteiger partial charge is 0.366 e. The topological polar surface area (TPSA) is 53.2 Å². The smallest absolute Gasteiger partial charge is 0.244 e. The Labute approximate surface area is 78.6 Å². The molecule has 0 atom stereocenters. The number of rotatable bonds is 4. The van der Waals surface area contributed by atoms with Gasteiger partial charge in [0.1, 0.15) is 0 Å². The highest BCUT2D eigenvalue weighted by molar-refractivity contribution is 7.89. The number of aromatic nitrogens is 1. The molecule has 0 spiro atoms. The van der Waals surface area contributed by atoms with E-state index in [9.17, 15) is 8.42 Å². The van der Waals surface area contributed by atoms with E-state index in [2.05, 4.69) is 4.98 Å². The van der Waals surface area contributed by atoms with E-state index in [0.717, 1.165) is 6.42 Å². The normalized spacial score (nSPS) is 12.2. The minimum atomic E-state index is -3.26. The maximum atomic E-state index is 11.7. The summed E-state index contributed by atoms with van der Waals surface area (Å²) < 4.78 is 24.7. The molecule has 1 aromatic rings. The molecule has 0 radical (unpaired) electrons. The Kier molecular flexibility index (Phi) is 3.11. The van der Waals surface area contributed by atoms with Crippen LogP contribution in [0.2, 0.25) is 0 Å². The van der Waals surface area contributed by atoms with Crippen LogP contribution in [0.15, 0.2) is 23.4 Å². The first kappa shape index (κ1) is 10.3. The number of sulfonamides is 1. The van der Waals surface area contributed by atoms with E-state index in [-0.39, 0.29) is 0 Å². The maximum absolute atomic E-state index is 11.7. The van der Waals surface area contributed by atoms with Gasteiger partial charge >= 0.3 is 0 Å². The molecule has 1 rings (SSSR count). The molecule has 13 heavy (non-hydrogen) atoms. The van der Waals surface area contributed by atoms with Crippen LogP contribution in [0, 0.1) is 0 Å². The SMILES string of the molecule is CCCN(C)S(=O)(=O)c1cc[nH]c1. The number of hydrogen-bond donors (Lipinski definition) is 1. The van der Waals surface area contributed by atoms with Gasteiger partial charge in [-0.3, -0.25) is 0 Å². The minimum Gasteiger partial charge on any atom is -0.366 e. The molecule has 0 bridgehead atoms. The number of aromatic amines is 1. The number of hydrogen-bond acceptors (Lipinski definition) is 2. The van der Waals surface area contributed by atoms with E-state index < -0.39 is 10.0 Å². The zero-order chi connectivity index (χ0) is 9.90. The molecule has 1 heterocycles. The van der Waals surface area contributed by atoms with Crippen LogP contribution in [-0.2, 0) is 10.0 Å². The number of H-pyrrole nitrogens is 1. The average molecular weight is 202 g/mol. The van der Waals surface area contributed by atoms with Gasteiger partial charge in [0.25, 0.3) is 0 Å². The Balaban J connectivity index is 2.90. The highest BCUT2D eigenvalue weighted by Gasteiger charge is 2.19. The molecule has 0 saturated heterocycles. The van der Waals surface area contributed by atoms with Crippen LogP contribution in [-0.4, -0.2) is 31.3 Å². The van der Waals surface area contributed by atoms with Crippen molar-refractivity contribution in [2.24, 2.45) is 0 Å². The Morgan fingerprint density at radius 2 is 2.23 bits per heavy atom. The Morgan fingerprint density at radius 3 is 2.69 bits per heavy atom. The molecule has 0 unspecified atom stereocenters. The molecule has 5 heteroatoms. The van der Waals surface area contributed by atoms with E-state index in [1.54, 1.807) is 19.3 Å². The predicted octanol–water partition coefficient (Wildman–Crippen LogP) is 1.05. The van der Waals surface area contributed by atoms with Crippen LogP contribution in [0.5, 0.6) is 0 Å². The third kappa shape index (κ3) is 2.10. The lowest BCUT2D eigenvalue weighted by Gasteiger charge is -2.14. The fraction of sp³-hybridized carbons (Fsp3) is 0.500. The molecule has 0 fully saturated rings. The van der Waals surface area contributed by atoms with E-state index in [0.29, 0.717) is 11.4 Å². The first-order valence-corrected chi connectivity index (χ1v) is 5.62. The van der Waals surface area contributed by atoms with Gasteiger partial charge in [0.15, 0.2) is 0 Å². The lowest BCUT2D eigenvalue weighted by atomic mass is 10.5. The molecule has 0 aliphatic rings. The Bertz CT molecular complexity index is 342. The third-order valence-electron chi connectivity index (χ3n) is 1.82. The monoisotopic (exact) mass is 202 g/mol. The van der Waals surface area contributed by atoms with Gasteiger partial charge in [-0.2, -0.15) is 0 Å². The summed E-state index contributed by atoms with van der Waals surface area (Å²) in [6, 6.07) is 1.56. The molecule has 0 amide bonds. The fourth-order valence-corrected chi connectivity index (χ4v) is 2.32. The van der Waals surface area contributed by atoms with Gasteiger partial charge in [0.05, 0.1) is 4.90 Å². The molecule has 0 aromatic carbocycles. The van der Waals surface area contributed by atoms with Gasteiger partial charge in [-0.25, -0.2) is 12.7 Å². The van der Waals surface area contributed by atoms with Crippen LogP contribution >= 0.6 is 0 Å². The average Bonchev–Trinajstić information content (AvgIpc) is 2.56. The van der Waals surface area contributed by atoms with Gasteiger partial charge in [-0.1, -0.05) is 6.92 Å². The first-order valence-electron chi connectivity index (χ1n) is 4.18. The summed E-state index contributed by atoms with van der Waals surface area (Å²) in [5.41, 5.74) is 0. The van der Waals surface area contributed by atoms with Gasteiger partial charge < -0.3 is 4.98 Å². The van der Waals surface area contributed by atoms with Crippen molar-refractivity contribution in [1.29, 1.82) is 0 Å². The zero-order valence-electron chi connectivity index (χ0n) is 7.82. The van der Waals surface area contributed by atoms with Gasteiger partial charge in [-0.15, -0.1) is 0 Å². The quantitative estimate of drug-likeness (QED) is 0.793. The maximum Gasteiger partial charge on any atom is 0.244 e. The summed E-state index contributed by atoms with van der Waals surface area (Å²) in [5.74, 6) is 0. The van der Waals surface area contributed by atoms with Crippen molar-refractivity contribution in [3.05, 3.63) is 18.5 Å². The standard InChI is InChI=1S/C8H14N2O2S/c1-3-6-10(2)13(11,12)8-4-5-9-7-8/h4-5,7,9H,3,6H2,1-2H3. The molecule has 0 aliphatic carbocycles. The van der Waals surface area contributed by atoms with E-state index >= 15 is 0 Å². The van der Waals surface area contributed by atoms with Crippen LogP contribution in [0.4, 0.5) is 0 Å². The van der Waals surface area contributed by atoms with Crippen molar-refractivity contribution >= 4 is 10.0 Å². The van der Waals surface area contributed by atoms with E-state index in [4.69, 9.17) is 0 Å². The fourth-order valence-electron chi connectivity index (χ4n) is 1.08. The predicted molar refractivity (Wildman–Crippen MR) is 50.9 cm³/mol. The molecular formula is C8H14N2O2S. The molecule has 0 aliphatic heterocycles. The second-order valence-corrected chi connectivity index (χ2v) is 4.92. The Morgan fingerprint density at radius 1 is 1.54 bits per heavy atom. The van der Waals surface area contributed by atoms with Crippen LogP contribution in [0.25, 0.3) is 0 Å². The number of nitrogens with zero attached hydrogens (tertiary/aromatic N) is 1. The van der Waals surface area contributed by atoms with Crippen LogP contribution in [0.3, 0.4) is 0 Å². The summed E-state index contributed by atoms with van der Waals surface area (Å²) in [4.78, 5) is 3.05. The lowest BCUT2D eigenvalue weighted by molar-refractivity contribution is 0.468. The molecule has 0 saturated carbocycles. The third-order valence-corrected chi connectivity index (χ3v) is 3.67. The second-order valence-electron chi connectivity index (χ2n) is 2.87. The molecule has 74 valence electrons. The van der Waals surface area contributed by atoms with Crippen molar-refractivity contribution in [3.8, 4) is 0 Å². The second kappa shape index (κ2) is 3.93. The Hall–Kier alpha value is -0.810. The zero-order valence-corrected chi connectivity index (χ0v) is 8.63. The minimum absolute atomic E-state index is 0.323. The summed E-state index contributed by atoms with van der Waals surface area (Å²) in [6.45, 7) is 2.50. The van der Waals surface area contributed by atoms with Crippen molar-refractivity contribution in [2.45, 2.75) is 18.2 Å². The molecular weight excluding hydrogens is 188 g/mol. The van der Waals surface area contributed by atoms with Crippen LogP contribution < -0.4 is 0 Å². The van der Waals surface area contributed by atoms with Crippen molar-refractivity contribution < 1.29 is 8.42 Å². The van der Waals surface area contributed by atoms with E-state index in [1.165, 1.54) is 10.5 Å². The summed E-state index contributed by atoms with van der Waals surface area (Å²) in [5, 5.41) is 0. The van der Waals surface area contributed by atoms with E-state index in [1.807, 2.05) is 6.92 Å². The molecule has 1 aromatic heterocycles. The molecule has 1 N–H and O–H groups in total. The van der Waals surface area contributed by atoms with Gasteiger partial charge in [0.2, 0.25) is 10.0 Å². The summed E-state index contributed by atoms with van der Waals surface area (Å²) in [7, 11) is -1.67. The first-order chi connectivity index (χ1) is 6.09. The van der Waals surface area contributed by atoms with Crippen molar-refractivity contribution in [2.75, 3.05) is 13.6 Å². The van der Waals surface area contributed by atoms with Crippen LogP contribution in [0.1, 0.15) is 13.3 Å². The summed E-state index contributed by atoms with van der Waals surface area (Å²) >= 11 is 0. The summed E-state index contributed by atoms with van der Waals surface area (Å²) in [6.07, 6.45) is 3.91. The van der Waals surface area contributed by atoms with Gasteiger partial charge in [0, 0.05) is 26.0 Å². The lowest BCUT2D eigenvalue weighted by Crippen LogP contribution is -2.27. The van der Waals surface area contributed by atoms with Crippen molar-refractivity contribution in [1.82, 2.24) is 9.29 Å².